The van der Waals surface area contributed by atoms with E-state index in [4.69, 9.17) is 16.7 Å². The maximum absolute atomic E-state index is 10.4. The van der Waals surface area contributed by atoms with Gasteiger partial charge in [-0.3, -0.25) is 4.79 Å². The predicted octanol–water partition coefficient (Wildman–Crippen LogP) is 2.83. The van der Waals surface area contributed by atoms with Crippen molar-refractivity contribution in [2.75, 3.05) is 0 Å². The molecule has 0 unspecified atom stereocenters. The Kier molecular flexibility index (Phi) is 3.09. The van der Waals surface area contributed by atoms with Gasteiger partial charge in [0.1, 0.15) is 0 Å². The maximum atomic E-state index is 10.4. The molecule has 1 N–H and O–H groups in total. The van der Waals surface area contributed by atoms with Crippen LogP contribution in [0.15, 0.2) is 30.8 Å². The molecule has 68 valence electrons. The Labute approximate surface area is 81.5 Å². The molecule has 2 nitrogen and oxygen atoms in total. The molecule has 0 saturated heterocycles. The van der Waals surface area contributed by atoms with Gasteiger partial charge in [0.25, 0.3) is 0 Å². The third-order valence-electron chi connectivity index (χ3n) is 1.60. The minimum atomic E-state index is -0.884. The fraction of sp³-hybridized carbons (Fsp3) is 0.100. The van der Waals surface area contributed by atoms with E-state index in [1.54, 1.807) is 24.3 Å². The van der Waals surface area contributed by atoms with Crippen molar-refractivity contribution in [2.45, 2.75) is 6.42 Å². The summed E-state index contributed by atoms with van der Waals surface area (Å²) in [7, 11) is 0. The van der Waals surface area contributed by atoms with Gasteiger partial charge in [-0.25, -0.2) is 0 Å². The van der Waals surface area contributed by atoms with Gasteiger partial charge in [0.2, 0.25) is 0 Å². The summed E-state index contributed by atoms with van der Waals surface area (Å²) in [6, 6.07) is 6.99. The Balaban J connectivity index is 2.83. The Hall–Kier alpha value is -1.28. The van der Waals surface area contributed by atoms with Crippen LogP contribution in [0, 0.1) is 0 Å². The van der Waals surface area contributed by atoms with Crippen molar-refractivity contribution in [1.29, 1.82) is 0 Å². The third kappa shape index (κ3) is 2.92. The molecule has 1 aromatic rings. The normalized spacial score (nSPS) is 9.62. The van der Waals surface area contributed by atoms with Crippen LogP contribution >= 0.6 is 11.6 Å². The highest BCUT2D eigenvalue weighted by Gasteiger charge is 2.03. The average Bonchev–Trinajstić information content (AvgIpc) is 2.03. The molecule has 0 bridgehead atoms. The maximum Gasteiger partial charge on any atom is 0.307 e. The first kappa shape index (κ1) is 9.81. The summed E-state index contributed by atoms with van der Waals surface area (Å²) in [4.78, 5) is 10.4. The van der Waals surface area contributed by atoms with E-state index in [2.05, 4.69) is 6.58 Å². The lowest BCUT2D eigenvalue weighted by Crippen LogP contribution is -1.95. The van der Waals surface area contributed by atoms with Crippen molar-refractivity contribution in [3.05, 3.63) is 41.4 Å². The van der Waals surface area contributed by atoms with E-state index in [1.807, 2.05) is 0 Å². The highest BCUT2D eigenvalue weighted by molar-refractivity contribution is 6.30. The van der Waals surface area contributed by atoms with Crippen LogP contribution in [0.3, 0.4) is 0 Å². The van der Waals surface area contributed by atoms with E-state index in [9.17, 15) is 4.79 Å². The average molecular weight is 197 g/mol. The number of benzene rings is 1. The molecular formula is C10H9ClO2. The Morgan fingerprint density at radius 1 is 1.54 bits per heavy atom. The van der Waals surface area contributed by atoms with Crippen molar-refractivity contribution >= 4 is 23.1 Å². The molecule has 1 rings (SSSR count). The molecule has 0 spiro atoms. The SMILES string of the molecule is C=C(CC(=O)O)c1cccc(Cl)c1. The summed E-state index contributed by atoms with van der Waals surface area (Å²) in [6.07, 6.45) is -0.0552. The number of halogens is 1. The lowest BCUT2D eigenvalue weighted by molar-refractivity contribution is -0.135. The first-order valence-corrected chi connectivity index (χ1v) is 4.13. The van der Waals surface area contributed by atoms with Gasteiger partial charge in [-0.1, -0.05) is 30.3 Å². The molecular weight excluding hydrogens is 188 g/mol. The van der Waals surface area contributed by atoms with E-state index in [-0.39, 0.29) is 6.42 Å². The second-order valence-corrected chi connectivity index (χ2v) is 3.12. The van der Waals surface area contributed by atoms with Gasteiger partial charge in [0.15, 0.2) is 0 Å². The highest BCUT2D eigenvalue weighted by atomic mass is 35.5. The quantitative estimate of drug-likeness (QED) is 0.807. The minimum Gasteiger partial charge on any atom is -0.481 e. The topological polar surface area (TPSA) is 37.3 Å². The largest absolute Gasteiger partial charge is 0.481 e. The predicted molar refractivity (Wildman–Crippen MR) is 52.7 cm³/mol. The van der Waals surface area contributed by atoms with E-state index < -0.39 is 5.97 Å². The minimum absolute atomic E-state index is 0.0552. The van der Waals surface area contributed by atoms with Crippen LogP contribution in [0.25, 0.3) is 5.57 Å². The van der Waals surface area contributed by atoms with Crippen molar-refractivity contribution in [1.82, 2.24) is 0 Å². The molecule has 0 radical (unpaired) electrons. The Morgan fingerprint density at radius 3 is 2.77 bits per heavy atom. The van der Waals surface area contributed by atoms with Crippen LogP contribution in [-0.2, 0) is 4.79 Å². The summed E-state index contributed by atoms with van der Waals surface area (Å²) >= 11 is 5.74. The molecule has 1 aromatic carbocycles. The fourth-order valence-corrected chi connectivity index (χ4v) is 1.18. The fourth-order valence-electron chi connectivity index (χ4n) is 0.993. The lowest BCUT2D eigenvalue weighted by atomic mass is 10.1. The van der Waals surface area contributed by atoms with E-state index in [0.29, 0.717) is 10.6 Å². The number of carboxylic acids is 1. The van der Waals surface area contributed by atoms with Gasteiger partial charge in [-0.15, -0.1) is 0 Å². The molecule has 0 aliphatic rings. The third-order valence-corrected chi connectivity index (χ3v) is 1.83. The molecule has 3 heteroatoms. The summed E-state index contributed by atoms with van der Waals surface area (Å²) in [6.45, 7) is 3.67. The van der Waals surface area contributed by atoms with Crippen LogP contribution in [-0.4, -0.2) is 11.1 Å². The zero-order valence-electron chi connectivity index (χ0n) is 6.96. The highest BCUT2D eigenvalue weighted by Crippen LogP contribution is 2.19. The standard InChI is InChI=1S/C10H9ClO2/c1-7(5-10(12)13)8-3-2-4-9(11)6-8/h2-4,6H,1,5H2,(H,12,13). The number of carboxylic acid groups (broad SMARTS) is 1. The summed E-state index contributed by atoms with van der Waals surface area (Å²) in [5.41, 5.74) is 1.34. The molecule has 0 amide bonds. The molecule has 0 aliphatic carbocycles. The van der Waals surface area contributed by atoms with Gasteiger partial charge in [0.05, 0.1) is 6.42 Å². The van der Waals surface area contributed by atoms with E-state index in [1.165, 1.54) is 0 Å². The van der Waals surface area contributed by atoms with E-state index >= 15 is 0 Å². The molecule has 0 heterocycles. The lowest BCUT2D eigenvalue weighted by Gasteiger charge is -2.02. The van der Waals surface area contributed by atoms with Gasteiger partial charge in [-0.05, 0) is 23.3 Å². The van der Waals surface area contributed by atoms with Crippen LogP contribution < -0.4 is 0 Å². The monoisotopic (exact) mass is 196 g/mol. The number of hydrogen-bond donors (Lipinski definition) is 1. The summed E-state index contributed by atoms with van der Waals surface area (Å²) < 4.78 is 0. The second kappa shape index (κ2) is 4.10. The molecule has 13 heavy (non-hydrogen) atoms. The van der Waals surface area contributed by atoms with Crippen LogP contribution in [0.4, 0.5) is 0 Å². The van der Waals surface area contributed by atoms with Gasteiger partial charge in [0, 0.05) is 5.02 Å². The summed E-state index contributed by atoms with van der Waals surface area (Å²) in [5, 5.41) is 9.11. The molecule has 0 aromatic heterocycles. The number of hydrogen-bond acceptors (Lipinski definition) is 1. The van der Waals surface area contributed by atoms with Gasteiger partial charge in [-0.2, -0.15) is 0 Å². The van der Waals surface area contributed by atoms with Gasteiger partial charge < -0.3 is 5.11 Å². The summed E-state index contributed by atoms with van der Waals surface area (Å²) in [5.74, 6) is -0.884. The Bertz CT molecular complexity index is 345. The number of carbonyl (C=O) groups is 1. The van der Waals surface area contributed by atoms with E-state index in [0.717, 1.165) is 5.56 Å². The van der Waals surface area contributed by atoms with Crippen molar-refractivity contribution < 1.29 is 9.90 Å². The Morgan fingerprint density at radius 2 is 2.23 bits per heavy atom. The number of rotatable bonds is 3. The van der Waals surface area contributed by atoms with Crippen LogP contribution in [0.1, 0.15) is 12.0 Å². The molecule has 0 fully saturated rings. The number of aliphatic carboxylic acids is 1. The van der Waals surface area contributed by atoms with Crippen LogP contribution in [0.2, 0.25) is 5.02 Å². The molecule has 0 atom stereocenters. The van der Waals surface area contributed by atoms with Crippen LogP contribution in [0.5, 0.6) is 0 Å². The van der Waals surface area contributed by atoms with Crippen molar-refractivity contribution in [3.8, 4) is 0 Å². The first-order valence-electron chi connectivity index (χ1n) is 3.75. The molecule has 0 saturated carbocycles. The second-order valence-electron chi connectivity index (χ2n) is 2.68. The smallest absolute Gasteiger partial charge is 0.307 e. The van der Waals surface area contributed by atoms with Gasteiger partial charge >= 0.3 is 5.97 Å². The molecule has 0 aliphatic heterocycles. The first-order chi connectivity index (χ1) is 6.09. The zero-order valence-corrected chi connectivity index (χ0v) is 7.71. The van der Waals surface area contributed by atoms with Crippen molar-refractivity contribution in [3.63, 3.8) is 0 Å². The zero-order chi connectivity index (χ0) is 9.84. The van der Waals surface area contributed by atoms with Crippen molar-refractivity contribution in [2.24, 2.45) is 0 Å².